The number of hydrogen-bond donors (Lipinski definition) is 8. The Hall–Kier alpha value is -4.75. The van der Waals surface area contributed by atoms with Gasteiger partial charge in [-0.15, -0.1) is 0 Å². The van der Waals surface area contributed by atoms with Gasteiger partial charge in [0.2, 0.25) is 17.3 Å². The van der Waals surface area contributed by atoms with E-state index in [2.05, 4.69) is 10.5 Å². The number of carboxylic acids is 1. The van der Waals surface area contributed by atoms with Crippen LogP contribution in [0.3, 0.4) is 0 Å². The molecule has 8 N–H and O–H groups in total. The molecule has 0 bridgehead atoms. The molecule has 0 radical (unpaired) electrons. The van der Waals surface area contributed by atoms with Gasteiger partial charge in [0.25, 0.3) is 0 Å². The van der Waals surface area contributed by atoms with Gasteiger partial charge in [-0.05, 0) is 37.1 Å². The second-order valence-corrected chi connectivity index (χ2v) is 12.5. The predicted octanol–water partition coefficient (Wildman–Crippen LogP) is -0.343. The lowest BCUT2D eigenvalue weighted by molar-refractivity contribution is -0.236. The molecule has 0 amide bonds. The summed E-state index contributed by atoms with van der Waals surface area (Å²) < 4.78 is 22.0. The number of carboxylic acid groups (broad SMARTS) is 1. The van der Waals surface area contributed by atoms with Crippen molar-refractivity contribution in [3.05, 3.63) is 68.4 Å². The number of phenolic OH excluding ortho intramolecular Hbond substituents is 1. The van der Waals surface area contributed by atoms with Crippen LogP contribution in [0.5, 0.6) is 11.5 Å². The minimum Gasteiger partial charge on any atom is -0.507 e. The van der Waals surface area contributed by atoms with Gasteiger partial charge in [-0.2, -0.15) is 0 Å². The van der Waals surface area contributed by atoms with E-state index in [1.165, 1.54) is 27.2 Å². The Labute approximate surface area is 282 Å². The van der Waals surface area contributed by atoms with E-state index in [0.717, 1.165) is 19.3 Å². The molecule has 17 nitrogen and oxygen atoms in total. The minimum atomic E-state index is -3.28. The number of aliphatic hydroxyl groups is 3. The summed E-state index contributed by atoms with van der Waals surface area (Å²) in [6.07, 6.45) is -6.44. The third-order valence-electron chi connectivity index (χ3n) is 10.1. The van der Waals surface area contributed by atoms with E-state index in [9.17, 15) is 55.0 Å². The van der Waals surface area contributed by atoms with Crippen LogP contribution in [0.1, 0.15) is 70.6 Å². The maximum Gasteiger partial charge on any atom is 0.339 e. The zero-order valence-electron chi connectivity index (χ0n) is 27.2. The second kappa shape index (κ2) is 11.9. The maximum atomic E-state index is 14.6. The number of fused-ring (bicyclic) bond motifs is 5. The molecule has 17 heteroatoms. The number of carbonyl (C=O) groups excluding carboxylic acids is 3. The number of methoxy groups -OCH3 is 3. The van der Waals surface area contributed by atoms with Crippen LogP contribution in [0.4, 0.5) is 0 Å². The van der Waals surface area contributed by atoms with Gasteiger partial charge in [-0.25, -0.2) is 4.79 Å². The number of aryl methyl sites for hydroxylation is 1. The molecule has 0 saturated carbocycles. The highest BCUT2D eigenvalue weighted by Crippen LogP contribution is 2.56. The quantitative estimate of drug-likeness (QED) is 0.142. The average Bonchev–Trinajstić information content (AvgIpc) is 3.04. The Morgan fingerprint density at radius 2 is 1.66 bits per heavy atom. The Kier molecular flexibility index (Phi) is 8.38. The lowest BCUT2D eigenvalue weighted by atomic mass is 9.56. The first-order chi connectivity index (χ1) is 23.6. The Bertz CT molecular complexity index is 1940. The monoisotopic (exact) mass is 698 g/mol. The zero-order chi connectivity index (χ0) is 36.8. The van der Waals surface area contributed by atoms with Crippen molar-refractivity contribution >= 4 is 29.0 Å². The van der Waals surface area contributed by atoms with Crippen LogP contribution in [-0.4, -0.2) is 129 Å². The number of nitrogens with one attached hydrogen (secondary N) is 1. The number of Topliss-reactive ketones (excluding diaryl/α,β-unsaturated/α-hetero) is 3. The molecule has 2 aromatic carbocycles. The van der Waals surface area contributed by atoms with Crippen LogP contribution in [0.25, 0.3) is 0 Å². The molecule has 1 heterocycles. The second-order valence-electron chi connectivity index (χ2n) is 12.5. The molecule has 2 aromatic rings. The number of phenols is 2. The van der Waals surface area contributed by atoms with Crippen molar-refractivity contribution in [1.29, 1.82) is 0 Å². The van der Waals surface area contributed by atoms with Gasteiger partial charge in [0.15, 0.2) is 17.4 Å². The van der Waals surface area contributed by atoms with Crippen molar-refractivity contribution in [2.24, 2.45) is 5.16 Å². The molecule has 8 atom stereocenters. The van der Waals surface area contributed by atoms with Crippen molar-refractivity contribution in [3.63, 3.8) is 0 Å². The number of hydrogen-bond acceptors (Lipinski definition) is 16. The number of nitrogens with zero attached hydrogens (tertiary/aromatic N) is 1. The average molecular weight is 699 g/mol. The molecular weight excluding hydrogens is 664 g/mol. The maximum absolute atomic E-state index is 14.6. The third-order valence-corrected chi connectivity index (χ3v) is 10.1. The van der Waals surface area contributed by atoms with Crippen molar-refractivity contribution in [2.75, 3.05) is 21.3 Å². The molecule has 0 spiro atoms. The number of rotatable bonds is 6. The molecule has 266 valence electrons. The van der Waals surface area contributed by atoms with Crippen molar-refractivity contribution in [3.8, 4) is 11.5 Å². The summed E-state index contributed by atoms with van der Waals surface area (Å²) in [7, 11) is 3.55. The van der Waals surface area contributed by atoms with Crippen LogP contribution in [0.2, 0.25) is 0 Å². The molecule has 4 aliphatic rings. The zero-order valence-corrected chi connectivity index (χ0v) is 27.2. The number of carbonyl (C=O) groups is 4. The van der Waals surface area contributed by atoms with Crippen LogP contribution >= 0.6 is 0 Å². The van der Waals surface area contributed by atoms with Crippen molar-refractivity contribution in [1.82, 2.24) is 5.32 Å². The molecule has 50 heavy (non-hydrogen) atoms. The number of aromatic hydroxyl groups is 2. The number of aromatic carboxylic acids is 1. The summed E-state index contributed by atoms with van der Waals surface area (Å²) in [5.74, 6) is -7.40. The summed E-state index contributed by atoms with van der Waals surface area (Å²) in [4.78, 5) is 55.1. The van der Waals surface area contributed by atoms with Crippen molar-refractivity contribution < 1.29 is 74.0 Å². The first kappa shape index (κ1) is 35.1. The summed E-state index contributed by atoms with van der Waals surface area (Å²) in [6, 6.07) is 2.10. The van der Waals surface area contributed by atoms with Gasteiger partial charge in [0.1, 0.15) is 41.1 Å². The fourth-order valence-electron chi connectivity index (χ4n) is 7.85. The van der Waals surface area contributed by atoms with E-state index in [1.807, 2.05) is 0 Å². The number of allylic oxidation sites excluding steroid dienone is 2. The van der Waals surface area contributed by atoms with E-state index in [1.54, 1.807) is 6.92 Å². The molecule has 1 fully saturated rings. The van der Waals surface area contributed by atoms with E-state index in [0.29, 0.717) is 0 Å². The summed E-state index contributed by atoms with van der Waals surface area (Å²) in [6.45, 7) is 2.96. The third kappa shape index (κ3) is 4.35. The largest absolute Gasteiger partial charge is 0.507 e. The number of ether oxygens (including phenoxy) is 4. The SMILES string of the molecule is CO[C@@H]1[C@@H](O)[C@@H](OC)[C@@H](NC2=CC(=NO)c3c(cc4c(c3O)C(=O)C3(OC)C(O)Cc5cc(C)c(C(=O)O)c(O)c5C3(O)C4=O)C2=O)O[C@H]1C. The molecule has 1 saturated heterocycles. The summed E-state index contributed by atoms with van der Waals surface area (Å²) in [5.41, 5.74) is -10.9. The van der Waals surface area contributed by atoms with Gasteiger partial charge in [0.05, 0.1) is 29.0 Å². The molecule has 6 rings (SSSR count). The Morgan fingerprint density at radius 1 is 1.00 bits per heavy atom. The molecule has 0 aromatic heterocycles. The highest BCUT2D eigenvalue weighted by atomic mass is 16.6. The lowest BCUT2D eigenvalue weighted by Crippen LogP contribution is -2.73. The fraction of sp³-hybridized carbons (Fsp3) is 0.424. The highest BCUT2D eigenvalue weighted by Gasteiger charge is 2.72. The lowest BCUT2D eigenvalue weighted by Gasteiger charge is -2.52. The topological polar surface area (TPSA) is 271 Å². The van der Waals surface area contributed by atoms with Crippen LogP contribution in [0.15, 0.2) is 29.1 Å². The molecule has 1 aliphatic heterocycles. The van der Waals surface area contributed by atoms with E-state index < -0.39 is 128 Å². The fourth-order valence-corrected chi connectivity index (χ4v) is 7.85. The van der Waals surface area contributed by atoms with E-state index >= 15 is 0 Å². The van der Waals surface area contributed by atoms with Gasteiger partial charge >= 0.3 is 5.97 Å². The van der Waals surface area contributed by atoms with Crippen molar-refractivity contribution in [2.45, 2.75) is 68.2 Å². The van der Waals surface area contributed by atoms with Crippen LogP contribution < -0.4 is 5.32 Å². The van der Waals surface area contributed by atoms with Crippen LogP contribution in [-0.2, 0) is 31.0 Å². The number of benzene rings is 2. The van der Waals surface area contributed by atoms with E-state index in [4.69, 9.17) is 18.9 Å². The molecular formula is C33H34N2O15. The first-order valence-electron chi connectivity index (χ1n) is 15.3. The predicted molar refractivity (Wildman–Crippen MR) is 166 cm³/mol. The van der Waals surface area contributed by atoms with Gasteiger partial charge < -0.3 is 60.1 Å². The standard InChI is InChI=1S/C33H34N2O15/c1-10-6-12-7-17(36)33(49-5)29(42)20-14(28(41)32(33,45)21(12)24(39)18(10)31(43)44)8-13-19(23(20)38)15(35-46)9-16(22(13)37)34-30-27(48-4)25(40)26(47-3)11(2)50-30/h6,8-9,11,17,25-27,30,34,36,38-40,45-46H,7H2,1-5H3,(H,43,44)/t11-,17?,25+,26-,27+,30-,32?,33?/m0/s1. The summed E-state index contributed by atoms with van der Waals surface area (Å²) >= 11 is 0. The summed E-state index contributed by atoms with van der Waals surface area (Å²) in [5, 5.41) is 83.2. The number of ketones is 3. The van der Waals surface area contributed by atoms with Gasteiger partial charge in [-0.1, -0.05) is 11.2 Å². The Morgan fingerprint density at radius 3 is 2.24 bits per heavy atom. The minimum absolute atomic E-state index is 0.0294. The smallest absolute Gasteiger partial charge is 0.339 e. The highest BCUT2D eigenvalue weighted by molar-refractivity contribution is 6.31. The van der Waals surface area contributed by atoms with Gasteiger partial charge in [0, 0.05) is 44.4 Å². The molecule has 3 unspecified atom stereocenters. The normalized spacial score (nSPS) is 32.5. The first-order valence-corrected chi connectivity index (χ1v) is 15.3. The molecule has 3 aliphatic carbocycles. The number of aliphatic hydroxyl groups excluding tert-OH is 2. The van der Waals surface area contributed by atoms with Crippen LogP contribution in [0, 0.1) is 6.92 Å². The Balaban J connectivity index is 1.54. The number of oxime groups is 1. The van der Waals surface area contributed by atoms with E-state index in [-0.39, 0.29) is 16.8 Å². The van der Waals surface area contributed by atoms with Gasteiger partial charge in [-0.3, -0.25) is 14.4 Å².